The van der Waals surface area contributed by atoms with Crippen LogP contribution in [0.4, 0.5) is 23.5 Å². The van der Waals surface area contributed by atoms with E-state index in [0.29, 0.717) is 34.9 Å². The van der Waals surface area contributed by atoms with Gasteiger partial charge >= 0.3 is 0 Å². The summed E-state index contributed by atoms with van der Waals surface area (Å²) in [6.45, 7) is 3.75. The normalized spacial score (nSPS) is 16.1. The van der Waals surface area contributed by atoms with Gasteiger partial charge in [-0.2, -0.15) is 20.1 Å². The molecule has 1 aromatic carbocycles. The van der Waals surface area contributed by atoms with Crippen LogP contribution in [0, 0.1) is 10.1 Å². The number of furan rings is 1. The summed E-state index contributed by atoms with van der Waals surface area (Å²) in [5.41, 5.74) is 3.29. The minimum Gasteiger partial charge on any atom is -0.455 e. The van der Waals surface area contributed by atoms with Crippen LogP contribution in [0.1, 0.15) is 31.4 Å². The second-order valence-electron chi connectivity index (χ2n) is 7.99. The Morgan fingerprint density at radius 1 is 0.939 bits per heavy atom. The molecule has 0 bridgehead atoms. The molecular formula is C22H24N8O3. The number of nitrogens with zero attached hydrogens (tertiary/aromatic N) is 7. The molecule has 170 valence electrons. The van der Waals surface area contributed by atoms with E-state index in [1.807, 2.05) is 0 Å². The summed E-state index contributed by atoms with van der Waals surface area (Å²) in [4.78, 5) is 29.0. The van der Waals surface area contributed by atoms with Crippen LogP contribution in [0.5, 0.6) is 0 Å². The molecule has 0 atom stereocenters. The minimum absolute atomic E-state index is 0.0115. The molecule has 11 heteroatoms. The first kappa shape index (κ1) is 20.9. The fraction of sp³-hybridized carbons (Fsp3) is 0.364. The molecule has 3 aromatic rings. The molecule has 4 heterocycles. The number of hydrogen-bond acceptors (Lipinski definition) is 10. The summed E-state index contributed by atoms with van der Waals surface area (Å²) < 4.78 is 5.75. The number of nitro groups is 1. The third kappa shape index (κ3) is 4.61. The first-order valence-electron chi connectivity index (χ1n) is 11.1. The first-order chi connectivity index (χ1) is 16.2. The van der Waals surface area contributed by atoms with Crippen molar-refractivity contribution in [3.8, 4) is 11.3 Å². The molecule has 0 spiro atoms. The summed E-state index contributed by atoms with van der Waals surface area (Å²) in [5, 5.41) is 15.5. The van der Waals surface area contributed by atoms with Crippen molar-refractivity contribution in [3.05, 3.63) is 52.3 Å². The SMILES string of the molecule is O=[N+]([O-])c1ccccc1-c1ccc(/C=N\Nc2nc(N3CCCC3)nc(N3CCCC3)n2)o1. The third-order valence-electron chi connectivity index (χ3n) is 5.74. The fourth-order valence-corrected chi connectivity index (χ4v) is 4.08. The highest BCUT2D eigenvalue weighted by Gasteiger charge is 2.21. The maximum Gasteiger partial charge on any atom is 0.280 e. The average molecular weight is 448 g/mol. The largest absolute Gasteiger partial charge is 0.455 e. The average Bonchev–Trinajstić information content (AvgIpc) is 3.62. The third-order valence-corrected chi connectivity index (χ3v) is 5.74. The predicted molar refractivity (Wildman–Crippen MR) is 125 cm³/mol. The van der Waals surface area contributed by atoms with E-state index in [1.54, 1.807) is 30.3 Å². The standard InChI is InChI=1S/C22H24N8O3/c31-30(32)18-8-2-1-7-17(18)19-10-9-16(33-19)15-23-27-20-24-21(28-11-3-4-12-28)26-22(25-20)29-13-5-6-14-29/h1-2,7-10,15H,3-6,11-14H2,(H,24,25,26,27)/b23-15-. The van der Waals surface area contributed by atoms with E-state index < -0.39 is 4.92 Å². The van der Waals surface area contributed by atoms with Gasteiger partial charge in [0.25, 0.3) is 5.69 Å². The molecule has 0 amide bonds. The number of para-hydroxylation sites is 1. The highest BCUT2D eigenvalue weighted by Crippen LogP contribution is 2.30. The number of hydrazone groups is 1. The molecule has 0 unspecified atom stereocenters. The van der Waals surface area contributed by atoms with Gasteiger partial charge in [0.1, 0.15) is 11.5 Å². The molecule has 2 aliphatic heterocycles. The second kappa shape index (κ2) is 9.23. The lowest BCUT2D eigenvalue weighted by molar-refractivity contribution is -0.384. The van der Waals surface area contributed by atoms with Crippen LogP contribution in [-0.4, -0.2) is 52.3 Å². The van der Waals surface area contributed by atoms with Gasteiger partial charge in [-0.3, -0.25) is 10.1 Å². The number of nitro benzene ring substituents is 1. The van der Waals surface area contributed by atoms with Crippen molar-refractivity contribution in [2.45, 2.75) is 25.7 Å². The smallest absolute Gasteiger partial charge is 0.280 e. The van der Waals surface area contributed by atoms with Crippen LogP contribution in [-0.2, 0) is 0 Å². The molecule has 0 radical (unpaired) electrons. The fourth-order valence-electron chi connectivity index (χ4n) is 4.08. The molecule has 2 aliphatic rings. The molecule has 1 N–H and O–H groups in total. The zero-order valence-electron chi connectivity index (χ0n) is 18.1. The van der Waals surface area contributed by atoms with Crippen molar-refractivity contribution >= 4 is 29.7 Å². The van der Waals surface area contributed by atoms with Crippen molar-refractivity contribution < 1.29 is 9.34 Å². The van der Waals surface area contributed by atoms with Crippen molar-refractivity contribution in [1.29, 1.82) is 0 Å². The number of benzene rings is 1. The lowest BCUT2D eigenvalue weighted by Crippen LogP contribution is -2.25. The molecule has 5 rings (SSSR count). The Balaban J connectivity index is 1.34. The summed E-state index contributed by atoms with van der Waals surface area (Å²) in [5.74, 6) is 2.55. The van der Waals surface area contributed by atoms with Crippen LogP contribution in [0.2, 0.25) is 0 Å². The van der Waals surface area contributed by atoms with Gasteiger partial charge in [-0.25, -0.2) is 5.43 Å². The van der Waals surface area contributed by atoms with Crippen molar-refractivity contribution in [3.63, 3.8) is 0 Å². The van der Waals surface area contributed by atoms with Gasteiger partial charge in [-0.1, -0.05) is 12.1 Å². The molecular weight excluding hydrogens is 424 g/mol. The van der Waals surface area contributed by atoms with Gasteiger partial charge in [0.15, 0.2) is 0 Å². The van der Waals surface area contributed by atoms with Crippen LogP contribution < -0.4 is 15.2 Å². The van der Waals surface area contributed by atoms with Gasteiger partial charge < -0.3 is 14.2 Å². The van der Waals surface area contributed by atoms with E-state index in [-0.39, 0.29) is 5.69 Å². The van der Waals surface area contributed by atoms with Gasteiger partial charge in [0.2, 0.25) is 17.8 Å². The van der Waals surface area contributed by atoms with Crippen LogP contribution in [0.3, 0.4) is 0 Å². The van der Waals surface area contributed by atoms with E-state index in [9.17, 15) is 10.1 Å². The molecule has 0 saturated carbocycles. The van der Waals surface area contributed by atoms with Crippen molar-refractivity contribution in [2.24, 2.45) is 5.10 Å². The lowest BCUT2D eigenvalue weighted by Gasteiger charge is -2.20. The lowest BCUT2D eigenvalue weighted by atomic mass is 10.1. The summed E-state index contributed by atoms with van der Waals surface area (Å²) >= 11 is 0. The Morgan fingerprint density at radius 2 is 1.58 bits per heavy atom. The number of hydrogen-bond donors (Lipinski definition) is 1. The predicted octanol–water partition coefficient (Wildman–Crippen LogP) is 3.69. The van der Waals surface area contributed by atoms with Gasteiger partial charge in [-0.15, -0.1) is 0 Å². The van der Waals surface area contributed by atoms with Crippen LogP contribution >= 0.6 is 0 Å². The Morgan fingerprint density at radius 3 is 2.21 bits per heavy atom. The first-order valence-corrected chi connectivity index (χ1v) is 11.1. The summed E-state index contributed by atoms with van der Waals surface area (Å²) in [6.07, 6.45) is 6.02. The Kier molecular flexibility index (Phi) is 5.83. The monoisotopic (exact) mass is 448 g/mol. The topological polar surface area (TPSA) is 126 Å². The Bertz CT molecular complexity index is 1130. The molecule has 0 aliphatic carbocycles. The molecule has 2 aromatic heterocycles. The van der Waals surface area contributed by atoms with E-state index in [0.717, 1.165) is 51.9 Å². The van der Waals surface area contributed by atoms with E-state index in [4.69, 9.17) is 4.42 Å². The highest BCUT2D eigenvalue weighted by molar-refractivity contribution is 5.79. The number of anilines is 3. The number of nitrogens with one attached hydrogen (secondary N) is 1. The molecule has 33 heavy (non-hydrogen) atoms. The maximum atomic E-state index is 11.3. The zero-order chi connectivity index (χ0) is 22.6. The maximum absolute atomic E-state index is 11.3. The molecule has 2 fully saturated rings. The van der Waals surface area contributed by atoms with E-state index in [1.165, 1.54) is 12.3 Å². The quantitative estimate of drug-likeness (QED) is 0.327. The molecule has 11 nitrogen and oxygen atoms in total. The number of aromatic nitrogens is 3. The van der Waals surface area contributed by atoms with E-state index in [2.05, 4.69) is 35.3 Å². The summed E-state index contributed by atoms with van der Waals surface area (Å²) in [7, 11) is 0. The van der Waals surface area contributed by atoms with Crippen LogP contribution in [0.25, 0.3) is 11.3 Å². The Hall–Kier alpha value is -4.02. The van der Waals surface area contributed by atoms with Crippen molar-refractivity contribution in [1.82, 2.24) is 15.0 Å². The van der Waals surface area contributed by atoms with Crippen molar-refractivity contribution in [2.75, 3.05) is 41.4 Å². The zero-order valence-corrected chi connectivity index (χ0v) is 18.1. The highest BCUT2D eigenvalue weighted by atomic mass is 16.6. The van der Waals surface area contributed by atoms with Crippen LogP contribution in [0.15, 0.2) is 45.9 Å². The summed E-state index contributed by atoms with van der Waals surface area (Å²) in [6, 6.07) is 9.85. The van der Waals surface area contributed by atoms with Gasteiger partial charge in [-0.05, 0) is 43.9 Å². The Labute approximate surface area is 190 Å². The second-order valence-corrected chi connectivity index (χ2v) is 7.99. The minimum atomic E-state index is -0.427. The van der Waals surface area contributed by atoms with E-state index >= 15 is 0 Å². The van der Waals surface area contributed by atoms with Gasteiger partial charge in [0, 0.05) is 32.2 Å². The van der Waals surface area contributed by atoms with Gasteiger partial charge in [0.05, 0.1) is 16.7 Å². The molecule has 2 saturated heterocycles. The number of rotatable bonds is 7.